The van der Waals surface area contributed by atoms with Gasteiger partial charge in [-0.25, -0.2) is 15.0 Å². The molecule has 3 rings (SSSR count). The van der Waals surface area contributed by atoms with Crippen molar-refractivity contribution in [3.05, 3.63) is 63.8 Å². The molecule has 0 spiro atoms. The van der Waals surface area contributed by atoms with Crippen LogP contribution in [-0.2, 0) is 5.75 Å². The predicted molar refractivity (Wildman–Crippen MR) is 95.8 cm³/mol. The number of thioether (sulfide) groups is 1. The van der Waals surface area contributed by atoms with Gasteiger partial charge in [0.25, 0.3) is 5.56 Å². The number of H-pyrrole nitrogens is 1. The summed E-state index contributed by atoms with van der Waals surface area (Å²) in [6.07, 6.45) is 1.66. The summed E-state index contributed by atoms with van der Waals surface area (Å²) in [7, 11) is 0. The van der Waals surface area contributed by atoms with Crippen molar-refractivity contribution in [2.24, 2.45) is 0 Å². The molecule has 0 fully saturated rings. The van der Waals surface area contributed by atoms with Gasteiger partial charge in [0.1, 0.15) is 23.3 Å². The van der Waals surface area contributed by atoms with Gasteiger partial charge in [-0.2, -0.15) is 5.26 Å². The van der Waals surface area contributed by atoms with Crippen molar-refractivity contribution in [1.29, 1.82) is 5.26 Å². The van der Waals surface area contributed by atoms with Gasteiger partial charge >= 0.3 is 0 Å². The maximum atomic E-state index is 12.2. The van der Waals surface area contributed by atoms with Gasteiger partial charge in [0, 0.05) is 23.1 Å². The molecule has 124 valence electrons. The van der Waals surface area contributed by atoms with E-state index in [9.17, 15) is 10.1 Å². The van der Waals surface area contributed by atoms with E-state index in [2.05, 4.69) is 19.9 Å². The van der Waals surface area contributed by atoms with Crippen molar-refractivity contribution in [2.75, 3.05) is 5.73 Å². The number of nitrogens with two attached hydrogens (primary N) is 1. The lowest BCUT2D eigenvalue weighted by Crippen LogP contribution is -2.14. The van der Waals surface area contributed by atoms with Gasteiger partial charge in [-0.3, -0.25) is 4.79 Å². The monoisotopic (exact) mass is 350 g/mol. The molecule has 0 atom stereocenters. The van der Waals surface area contributed by atoms with Crippen molar-refractivity contribution in [3.8, 4) is 17.3 Å². The third-order valence-corrected chi connectivity index (χ3v) is 4.36. The molecule has 0 aliphatic heterocycles. The van der Waals surface area contributed by atoms with E-state index in [1.807, 2.05) is 36.4 Å². The van der Waals surface area contributed by atoms with Crippen LogP contribution in [0.3, 0.4) is 0 Å². The molecular formula is C17H14N6OS. The molecule has 25 heavy (non-hydrogen) atoms. The predicted octanol–water partition coefficient (Wildman–Crippen LogP) is 2.28. The minimum Gasteiger partial charge on any atom is -0.383 e. The van der Waals surface area contributed by atoms with E-state index in [1.165, 1.54) is 11.8 Å². The molecule has 2 aromatic heterocycles. The zero-order valence-electron chi connectivity index (χ0n) is 13.4. The number of nitrogen functional groups attached to an aromatic ring is 1. The molecule has 3 N–H and O–H groups in total. The van der Waals surface area contributed by atoms with Crippen LogP contribution in [0.2, 0.25) is 0 Å². The lowest BCUT2D eigenvalue weighted by Gasteiger charge is -2.07. The molecule has 0 saturated heterocycles. The second-order valence-corrected chi connectivity index (χ2v) is 6.15. The second-order valence-electron chi connectivity index (χ2n) is 5.19. The number of aryl methyl sites for hydroxylation is 1. The van der Waals surface area contributed by atoms with Crippen LogP contribution in [0.25, 0.3) is 11.3 Å². The van der Waals surface area contributed by atoms with Crippen molar-refractivity contribution in [1.82, 2.24) is 19.9 Å². The maximum absolute atomic E-state index is 12.2. The molecule has 0 aliphatic rings. The van der Waals surface area contributed by atoms with E-state index in [1.54, 1.807) is 13.1 Å². The molecule has 8 heteroatoms. The Hall–Kier alpha value is -3.18. The van der Waals surface area contributed by atoms with Crippen LogP contribution in [-0.4, -0.2) is 19.9 Å². The summed E-state index contributed by atoms with van der Waals surface area (Å²) in [5, 5.41) is 9.68. The average molecular weight is 350 g/mol. The smallest absolute Gasteiger partial charge is 0.270 e. The summed E-state index contributed by atoms with van der Waals surface area (Å²) in [4.78, 5) is 27.5. The van der Waals surface area contributed by atoms with E-state index >= 15 is 0 Å². The summed E-state index contributed by atoms with van der Waals surface area (Å²) < 4.78 is 0. The highest BCUT2D eigenvalue weighted by atomic mass is 32.2. The number of nitrogens with zero attached hydrogens (tertiary/aromatic N) is 4. The number of anilines is 1. The molecule has 0 unspecified atom stereocenters. The number of aromatic nitrogens is 4. The van der Waals surface area contributed by atoms with Gasteiger partial charge in [-0.1, -0.05) is 42.1 Å². The Morgan fingerprint density at radius 1 is 1.28 bits per heavy atom. The van der Waals surface area contributed by atoms with Crippen molar-refractivity contribution < 1.29 is 0 Å². The van der Waals surface area contributed by atoms with Gasteiger partial charge in [-0.15, -0.1) is 0 Å². The highest BCUT2D eigenvalue weighted by Gasteiger charge is 2.14. The number of hydrogen-bond acceptors (Lipinski definition) is 7. The fourth-order valence-electron chi connectivity index (χ4n) is 2.20. The Labute approximate surface area is 148 Å². The summed E-state index contributed by atoms with van der Waals surface area (Å²) in [5.74, 6) is 1.46. The van der Waals surface area contributed by atoms with E-state index in [-0.39, 0.29) is 5.56 Å². The van der Waals surface area contributed by atoms with Gasteiger partial charge in [-0.05, 0) is 6.92 Å². The molecule has 0 saturated carbocycles. The van der Waals surface area contributed by atoms with Gasteiger partial charge in [0.15, 0.2) is 5.16 Å². The first-order chi connectivity index (χ1) is 12.1. The maximum Gasteiger partial charge on any atom is 0.270 e. The van der Waals surface area contributed by atoms with Crippen LogP contribution in [0, 0.1) is 18.3 Å². The van der Waals surface area contributed by atoms with Crippen molar-refractivity contribution in [3.63, 3.8) is 0 Å². The Balaban J connectivity index is 1.94. The van der Waals surface area contributed by atoms with E-state index in [0.29, 0.717) is 33.8 Å². The van der Waals surface area contributed by atoms with Crippen LogP contribution in [0.1, 0.15) is 17.0 Å². The summed E-state index contributed by atoms with van der Waals surface area (Å²) in [5.41, 5.74) is 7.24. The Morgan fingerprint density at radius 2 is 2.04 bits per heavy atom. The lowest BCUT2D eigenvalue weighted by molar-refractivity contribution is 0.933. The van der Waals surface area contributed by atoms with Crippen LogP contribution >= 0.6 is 11.8 Å². The number of aromatic amines is 1. The molecule has 1 aromatic carbocycles. The molecule has 2 heterocycles. The van der Waals surface area contributed by atoms with Crippen LogP contribution in [0.5, 0.6) is 0 Å². The molecule has 0 radical (unpaired) electrons. The Bertz CT molecular complexity index is 1010. The number of nitriles is 1. The highest BCUT2D eigenvalue weighted by molar-refractivity contribution is 7.98. The first-order valence-corrected chi connectivity index (χ1v) is 8.37. The van der Waals surface area contributed by atoms with E-state index < -0.39 is 5.56 Å². The fraction of sp³-hybridized carbons (Fsp3) is 0.118. The van der Waals surface area contributed by atoms with Crippen molar-refractivity contribution >= 4 is 17.6 Å². The van der Waals surface area contributed by atoms with Crippen LogP contribution in [0.4, 0.5) is 5.82 Å². The zero-order valence-corrected chi connectivity index (χ0v) is 14.2. The topological polar surface area (TPSA) is 121 Å². The normalized spacial score (nSPS) is 10.4. The van der Waals surface area contributed by atoms with E-state index in [0.717, 1.165) is 5.56 Å². The van der Waals surface area contributed by atoms with Crippen molar-refractivity contribution in [2.45, 2.75) is 17.8 Å². The second kappa shape index (κ2) is 7.15. The fourth-order valence-corrected chi connectivity index (χ4v) is 3.03. The number of benzene rings is 1. The number of nitrogens with one attached hydrogen (secondary N) is 1. The van der Waals surface area contributed by atoms with Crippen LogP contribution in [0.15, 0.2) is 46.5 Å². The molecular weight excluding hydrogens is 336 g/mol. The first-order valence-electron chi connectivity index (χ1n) is 7.39. The molecule has 0 aliphatic carbocycles. The first kappa shape index (κ1) is 16.7. The minimum atomic E-state index is -0.466. The van der Waals surface area contributed by atoms with E-state index in [4.69, 9.17) is 5.73 Å². The zero-order chi connectivity index (χ0) is 17.8. The van der Waals surface area contributed by atoms with Gasteiger partial charge in [0.2, 0.25) is 0 Å². The Kier molecular flexibility index (Phi) is 4.77. The van der Waals surface area contributed by atoms with Crippen LogP contribution < -0.4 is 11.3 Å². The SMILES string of the molecule is Cc1ncc(CSc2nc(-c3ccccc3)c(C#N)c(=O)[nH]2)c(N)n1. The molecule has 0 amide bonds. The quantitative estimate of drug-likeness (QED) is 0.547. The summed E-state index contributed by atoms with van der Waals surface area (Å²) in [6.45, 7) is 1.76. The highest BCUT2D eigenvalue weighted by Crippen LogP contribution is 2.24. The van der Waals surface area contributed by atoms with Gasteiger partial charge in [0.05, 0.1) is 5.69 Å². The van der Waals surface area contributed by atoms with Gasteiger partial charge < -0.3 is 10.7 Å². The minimum absolute atomic E-state index is 0.00580. The number of rotatable bonds is 4. The molecule has 3 aromatic rings. The third kappa shape index (κ3) is 3.67. The molecule has 0 bridgehead atoms. The standard InChI is InChI=1S/C17H14N6OS/c1-10-20-8-12(15(19)21-10)9-25-17-22-14(11-5-3-2-4-6-11)13(7-18)16(24)23-17/h2-6,8H,9H2,1H3,(H2,19,20,21)(H,22,23,24). The number of hydrogen-bond donors (Lipinski definition) is 2. The third-order valence-electron chi connectivity index (χ3n) is 3.44. The summed E-state index contributed by atoms with van der Waals surface area (Å²) >= 11 is 1.30. The average Bonchev–Trinajstić information content (AvgIpc) is 2.61. The molecule has 7 nitrogen and oxygen atoms in total. The lowest BCUT2D eigenvalue weighted by atomic mass is 10.1. The largest absolute Gasteiger partial charge is 0.383 e. The summed E-state index contributed by atoms with van der Waals surface area (Å²) in [6, 6.07) is 11.1. The Morgan fingerprint density at radius 3 is 2.72 bits per heavy atom.